The number of nitrogens with one attached hydrogen (secondary N) is 6. The lowest BCUT2D eigenvalue weighted by Gasteiger charge is -2.37. The zero-order valence-electron chi connectivity index (χ0n) is 30.5. The first-order chi connectivity index (χ1) is 25.3. The second kappa shape index (κ2) is 19.1. The molecule has 8 N–H and O–H groups in total. The number of halogens is 1. The zero-order chi connectivity index (χ0) is 38.5. The van der Waals surface area contributed by atoms with Crippen LogP contribution in [-0.4, -0.2) is 94.1 Å². The Morgan fingerprint density at radius 2 is 1.60 bits per heavy atom. The molecule has 1 fully saturated rings. The minimum absolute atomic E-state index is 0.0848. The second-order valence-electron chi connectivity index (χ2n) is 14.3. The highest BCUT2D eigenvalue weighted by Gasteiger charge is 2.38. The highest BCUT2D eigenvalue weighted by atomic mass is 35.5. The molecule has 2 heterocycles. The molecule has 15 heteroatoms. The third-order valence-corrected chi connectivity index (χ3v) is 9.20. The average molecular weight is 751 g/mol. The molecule has 286 valence electrons. The van der Waals surface area contributed by atoms with Gasteiger partial charge in [-0.05, 0) is 70.1 Å². The van der Waals surface area contributed by atoms with Gasteiger partial charge in [0, 0.05) is 48.6 Å². The Morgan fingerprint density at radius 1 is 0.887 bits per heavy atom. The molecular formula is C38H51ClN8O6. The number of rotatable bonds is 16. The summed E-state index contributed by atoms with van der Waals surface area (Å²) < 4.78 is 0. The predicted molar refractivity (Wildman–Crippen MR) is 203 cm³/mol. The van der Waals surface area contributed by atoms with Crippen LogP contribution in [0.3, 0.4) is 0 Å². The number of fused-ring (bicyclic) bond motifs is 1. The summed E-state index contributed by atoms with van der Waals surface area (Å²) in [4.78, 5) is 84.3. The van der Waals surface area contributed by atoms with E-state index in [9.17, 15) is 28.8 Å². The van der Waals surface area contributed by atoms with Crippen molar-refractivity contribution in [2.75, 3.05) is 19.0 Å². The standard InChI is InChI=1S/C38H51ClN8O6/c1-38(2,3)46-34(50)28(16-11-18-41-37(40)53)44-33(49)29(21-25-23-42-27-15-8-7-14-26(25)27)45-35(51)31-17-9-10-19-47(31)36(52)30(43-32(48)22-39)20-24-12-5-4-6-13-24/h4-8,12-15,23,28-31,42H,9-11,16-22H2,1-3H3,(H,43,48)(H,44,49)(H,45,51)(H,46,50)(H3,40,41,53)/t28?,29?,30?,31-/m0/s1. The number of para-hydroxylation sites is 1. The monoisotopic (exact) mass is 750 g/mol. The van der Waals surface area contributed by atoms with Crippen molar-refractivity contribution in [1.82, 2.24) is 36.5 Å². The number of hydrogen-bond donors (Lipinski definition) is 7. The summed E-state index contributed by atoms with van der Waals surface area (Å²) in [5, 5.41) is 14.7. The van der Waals surface area contributed by atoms with Crippen molar-refractivity contribution in [3.8, 4) is 0 Å². The van der Waals surface area contributed by atoms with Crippen molar-refractivity contribution in [3.63, 3.8) is 0 Å². The number of carbonyl (C=O) groups is 6. The van der Waals surface area contributed by atoms with E-state index in [0.29, 0.717) is 25.7 Å². The van der Waals surface area contributed by atoms with Gasteiger partial charge in [-0.25, -0.2) is 4.79 Å². The molecule has 3 unspecified atom stereocenters. The first kappa shape index (κ1) is 40.7. The summed E-state index contributed by atoms with van der Waals surface area (Å²) >= 11 is 5.80. The topological polar surface area (TPSA) is 208 Å². The van der Waals surface area contributed by atoms with Crippen molar-refractivity contribution in [1.29, 1.82) is 0 Å². The van der Waals surface area contributed by atoms with Crippen LogP contribution in [0.15, 0.2) is 60.8 Å². The van der Waals surface area contributed by atoms with Crippen LogP contribution in [-0.2, 0) is 36.8 Å². The predicted octanol–water partition coefficient (Wildman–Crippen LogP) is 2.39. The molecule has 0 saturated carbocycles. The van der Waals surface area contributed by atoms with Gasteiger partial charge in [0.15, 0.2) is 0 Å². The molecule has 1 aliphatic heterocycles. The third kappa shape index (κ3) is 12.2. The van der Waals surface area contributed by atoms with Crippen LogP contribution in [0.4, 0.5) is 4.79 Å². The van der Waals surface area contributed by atoms with Crippen molar-refractivity contribution in [3.05, 3.63) is 71.9 Å². The maximum Gasteiger partial charge on any atom is 0.312 e. The van der Waals surface area contributed by atoms with Gasteiger partial charge in [0.1, 0.15) is 30.0 Å². The number of aromatic amines is 1. The van der Waals surface area contributed by atoms with E-state index in [-0.39, 0.29) is 38.2 Å². The minimum atomic E-state index is -1.13. The number of nitrogens with two attached hydrogens (primary N) is 1. The maximum atomic E-state index is 14.2. The van der Waals surface area contributed by atoms with Gasteiger partial charge in [0.25, 0.3) is 0 Å². The third-order valence-electron chi connectivity index (χ3n) is 8.96. The van der Waals surface area contributed by atoms with E-state index in [0.717, 1.165) is 22.0 Å². The van der Waals surface area contributed by atoms with E-state index in [1.165, 1.54) is 4.90 Å². The van der Waals surface area contributed by atoms with Crippen LogP contribution in [0, 0.1) is 0 Å². The SMILES string of the molecule is CC(C)(C)NC(=O)C(CCCNC(N)=O)NC(=O)C(Cc1c[nH]c2ccccc12)NC(=O)[C@@H]1CCCCN1C(=O)C(Cc1ccccc1)NC(=O)CCl. The fraction of sp³-hybridized carbons (Fsp3) is 0.474. The molecule has 2 aromatic carbocycles. The fourth-order valence-corrected chi connectivity index (χ4v) is 6.54. The van der Waals surface area contributed by atoms with Gasteiger partial charge < -0.3 is 42.2 Å². The number of aromatic nitrogens is 1. The summed E-state index contributed by atoms with van der Waals surface area (Å²) in [5.41, 5.74) is 7.05. The molecule has 1 saturated heterocycles. The van der Waals surface area contributed by atoms with Gasteiger partial charge in [-0.1, -0.05) is 48.5 Å². The molecule has 0 bridgehead atoms. The zero-order valence-corrected chi connectivity index (χ0v) is 31.3. The molecule has 4 rings (SSSR count). The molecule has 1 aliphatic rings. The summed E-state index contributed by atoms with van der Waals surface area (Å²) in [6, 6.07) is 12.1. The van der Waals surface area contributed by atoms with E-state index >= 15 is 0 Å². The fourth-order valence-electron chi connectivity index (χ4n) is 6.46. The molecule has 1 aromatic heterocycles. The van der Waals surface area contributed by atoms with Crippen LogP contribution in [0.25, 0.3) is 10.9 Å². The molecular weight excluding hydrogens is 700 g/mol. The van der Waals surface area contributed by atoms with Crippen LogP contribution in [0.2, 0.25) is 0 Å². The Hall–Kier alpha value is -5.11. The number of piperidine rings is 1. The number of benzene rings is 2. The van der Waals surface area contributed by atoms with Gasteiger partial charge >= 0.3 is 6.03 Å². The lowest BCUT2D eigenvalue weighted by Crippen LogP contribution is -2.61. The lowest BCUT2D eigenvalue weighted by atomic mass is 9.97. The van der Waals surface area contributed by atoms with Gasteiger partial charge in [0.05, 0.1) is 0 Å². The number of nitrogens with zero attached hydrogens (tertiary/aromatic N) is 1. The Bertz CT molecular complexity index is 1740. The largest absolute Gasteiger partial charge is 0.361 e. The van der Waals surface area contributed by atoms with E-state index in [1.807, 2.05) is 75.4 Å². The van der Waals surface area contributed by atoms with Gasteiger partial charge in [-0.3, -0.25) is 24.0 Å². The number of likely N-dealkylation sites (tertiary alicyclic amines) is 1. The van der Waals surface area contributed by atoms with Crippen molar-refractivity contribution < 1.29 is 28.8 Å². The quantitative estimate of drug-likeness (QED) is 0.0864. The number of primary amides is 1. The molecule has 14 nitrogen and oxygen atoms in total. The first-order valence-corrected chi connectivity index (χ1v) is 18.5. The molecule has 0 spiro atoms. The maximum absolute atomic E-state index is 14.2. The highest BCUT2D eigenvalue weighted by Crippen LogP contribution is 2.22. The van der Waals surface area contributed by atoms with Crippen LogP contribution >= 0.6 is 11.6 Å². The number of carbonyl (C=O) groups excluding carboxylic acids is 6. The van der Waals surface area contributed by atoms with Gasteiger partial charge in [-0.15, -0.1) is 11.6 Å². The van der Waals surface area contributed by atoms with E-state index < -0.39 is 65.3 Å². The molecule has 7 amide bonds. The van der Waals surface area contributed by atoms with Gasteiger partial charge in [-0.2, -0.15) is 0 Å². The summed E-state index contributed by atoms with van der Waals surface area (Å²) in [5.74, 6) is -2.80. The number of alkyl halides is 1. The van der Waals surface area contributed by atoms with Crippen molar-refractivity contribution in [2.45, 2.75) is 95.4 Å². The Kier molecular flexibility index (Phi) is 14.7. The van der Waals surface area contributed by atoms with Crippen LogP contribution in [0.5, 0.6) is 0 Å². The number of hydrogen-bond acceptors (Lipinski definition) is 6. The smallest absolute Gasteiger partial charge is 0.312 e. The van der Waals surface area contributed by atoms with E-state index in [4.69, 9.17) is 17.3 Å². The first-order valence-electron chi connectivity index (χ1n) is 18.0. The van der Waals surface area contributed by atoms with E-state index in [2.05, 4.69) is 31.6 Å². The number of H-pyrrole nitrogens is 1. The Labute approximate surface area is 314 Å². The average Bonchev–Trinajstić information content (AvgIpc) is 3.54. The highest BCUT2D eigenvalue weighted by molar-refractivity contribution is 6.27. The molecule has 0 aliphatic carbocycles. The summed E-state index contributed by atoms with van der Waals surface area (Å²) in [6.07, 6.45) is 4.27. The summed E-state index contributed by atoms with van der Waals surface area (Å²) in [7, 11) is 0. The lowest BCUT2D eigenvalue weighted by molar-refractivity contribution is -0.145. The van der Waals surface area contributed by atoms with Crippen molar-refractivity contribution in [2.24, 2.45) is 5.73 Å². The van der Waals surface area contributed by atoms with E-state index in [1.54, 1.807) is 6.20 Å². The number of urea groups is 1. The Morgan fingerprint density at radius 3 is 2.30 bits per heavy atom. The molecule has 0 radical (unpaired) electrons. The molecule has 53 heavy (non-hydrogen) atoms. The summed E-state index contributed by atoms with van der Waals surface area (Å²) in [6.45, 7) is 5.94. The van der Waals surface area contributed by atoms with Crippen LogP contribution < -0.4 is 32.3 Å². The number of amides is 7. The molecule has 4 atom stereocenters. The van der Waals surface area contributed by atoms with Crippen LogP contribution in [0.1, 0.15) is 64.0 Å². The van der Waals surface area contributed by atoms with Gasteiger partial charge in [0.2, 0.25) is 29.5 Å². The Balaban J connectivity index is 1.60. The molecule has 3 aromatic rings. The normalized spacial score (nSPS) is 16.2. The van der Waals surface area contributed by atoms with Crippen molar-refractivity contribution >= 4 is 58.1 Å². The minimum Gasteiger partial charge on any atom is -0.361 e. The second-order valence-corrected chi connectivity index (χ2v) is 14.6.